The highest BCUT2D eigenvalue weighted by Crippen LogP contribution is 2.17. The van der Waals surface area contributed by atoms with Gasteiger partial charge in [0.1, 0.15) is 12.4 Å². The van der Waals surface area contributed by atoms with Crippen LogP contribution in [0.5, 0.6) is 5.75 Å². The molecule has 0 spiro atoms. The van der Waals surface area contributed by atoms with Crippen LogP contribution in [0.4, 0.5) is 0 Å². The molecule has 1 N–H and O–H groups in total. The molecule has 0 saturated carbocycles. The Bertz CT molecular complexity index is 344. The van der Waals surface area contributed by atoms with Gasteiger partial charge in [0.05, 0.1) is 0 Å². The van der Waals surface area contributed by atoms with Crippen molar-refractivity contribution in [3.63, 3.8) is 0 Å². The van der Waals surface area contributed by atoms with E-state index in [0.29, 0.717) is 0 Å². The molecule has 1 aromatic rings. The molecule has 0 atom stereocenters. The van der Waals surface area contributed by atoms with Crippen molar-refractivity contribution in [3.05, 3.63) is 28.7 Å². The van der Waals surface area contributed by atoms with E-state index in [1.54, 1.807) is 0 Å². The van der Waals surface area contributed by atoms with Gasteiger partial charge in [-0.25, -0.2) is 0 Å². The summed E-state index contributed by atoms with van der Waals surface area (Å²) < 4.78 is 6.80. The van der Waals surface area contributed by atoms with Gasteiger partial charge in [0, 0.05) is 24.1 Å². The molecule has 0 bridgehead atoms. The van der Waals surface area contributed by atoms with Crippen molar-refractivity contribution in [1.82, 2.24) is 10.2 Å². The number of ether oxygens (including phenoxy) is 1. The molecule has 2 rings (SSSR count). The average Bonchev–Trinajstić information content (AvgIpc) is 2.58. The molecule has 0 unspecified atom stereocenters. The topological polar surface area (TPSA) is 24.5 Å². The lowest BCUT2D eigenvalue weighted by Gasteiger charge is -2.19. The summed E-state index contributed by atoms with van der Waals surface area (Å²) in [5.41, 5.74) is 0. The van der Waals surface area contributed by atoms with Crippen LogP contribution in [0.3, 0.4) is 0 Å². The molecule has 5 heteroatoms. The zero-order valence-corrected chi connectivity index (χ0v) is 12.8. The monoisotopic (exact) mass is 334 g/mol. The highest BCUT2D eigenvalue weighted by atomic mass is 79.9. The number of benzene rings is 1. The van der Waals surface area contributed by atoms with Crippen molar-refractivity contribution in [2.75, 3.05) is 39.3 Å². The van der Waals surface area contributed by atoms with Gasteiger partial charge in [-0.2, -0.15) is 0 Å². The van der Waals surface area contributed by atoms with Crippen molar-refractivity contribution in [1.29, 1.82) is 0 Å². The van der Waals surface area contributed by atoms with Crippen LogP contribution in [0.2, 0.25) is 0 Å². The van der Waals surface area contributed by atoms with Crippen molar-refractivity contribution in [2.45, 2.75) is 6.42 Å². The van der Waals surface area contributed by atoms with Crippen LogP contribution >= 0.6 is 28.3 Å². The third kappa shape index (κ3) is 5.57. The van der Waals surface area contributed by atoms with Gasteiger partial charge in [0.15, 0.2) is 0 Å². The van der Waals surface area contributed by atoms with Gasteiger partial charge in [0.2, 0.25) is 0 Å². The minimum Gasteiger partial charge on any atom is -0.492 e. The number of nitrogens with one attached hydrogen (secondary N) is 1. The van der Waals surface area contributed by atoms with Gasteiger partial charge < -0.3 is 10.1 Å². The first-order chi connectivity index (χ1) is 8.34. The molecule has 1 heterocycles. The van der Waals surface area contributed by atoms with Crippen molar-refractivity contribution in [2.24, 2.45) is 0 Å². The third-order valence-corrected chi connectivity index (χ3v) is 3.40. The Labute approximate surface area is 123 Å². The van der Waals surface area contributed by atoms with Crippen LogP contribution in [0, 0.1) is 0 Å². The van der Waals surface area contributed by atoms with Crippen LogP contribution in [0.1, 0.15) is 6.42 Å². The van der Waals surface area contributed by atoms with E-state index >= 15 is 0 Å². The lowest BCUT2D eigenvalue weighted by atomic mass is 10.3. The summed E-state index contributed by atoms with van der Waals surface area (Å²) in [6.45, 7) is 6.31. The second-order valence-corrected chi connectivity index (χ2v) is 5.17. The predicted octanol–water partition coefficient (Wildman–Crippen LogP) is 2.55. The van der Waals surface area contributed by atoms with E-state index in [1.165, 1.54) is 13.0 Å². The lowest BCUT2D eigenvalue weighted by molar-refractivity contribution is 0.217. The standard InChI is InChI=1S/C13H19BrN2O.ClH/c14-12-3-1-4-13(11-12)17-10-9-16-7-2-5-15-6-8-16;/h1,3-4,11,15H,2,5-10H2;1H. The summed E-state index contributed by atoms with van der Waals surface area (Å²) in [6, 6.07) is 8.00. The maximum absolute atomic E-state index is 5.74. The minimum absolute atomic E-state index is 0. The fraction of sp³-hybridized carbons (Fsp3) is 0.538. The van der Waals surface area contributed by atoms with Gasteiger partial charge in [0.25, 0.3) is 0 Å². The highest BCUT2D eigenvalue weighted by molar-refractivity contribution is 9.10. The second-order valence-electron chi connectivity index (χ2n) is 4.25. The summed E-state index contributed by atoms with van der Waals surface area (Å²) in [4.78, 5) is 2.46. The maximum Gasteiger partial charge on any atom is 0.120 e. The van der Waals surface area contributed by atoms with Crippen LogP contribution < -0.4 is 10.1 Å². The summed E-state index contributed by atoms with van der Waals surface area (Å²) in [7, 11) is 0. The zero-order chi connectivity index (χ0) is 11.9. The molecule has 102 valence electrons. The molecule has 0 aromatic heterocycles. The Balaban J connectivity index is 0.00000162. The molecule has 1 aliphatic rings. The number of hydrogen-bond acceptors (Lipinski definition) is 3. The fourth-order valence-electron chi connectivity index (χ4n) is 1.97. The molecule has 1 aromatic carbocycles. The number of rotatable bonds is 4. The molecule has 0 aliphatic carbocycles. The van der Waals surface area contributed by atoms with E-state index in [4.69, 9.17) is 4.74 Å². The van der Waals surface area contributed by atoms with Gasteiger partial charge in [-0.1, -0.05) is 22.0 Å². The quantitative estimate of drug-likeness (QED) is 0.915. The Morgan fingerprint density at radius 3 is 3.00 bits per heavy atom. The first-order valence-electron chi connectivity index (χ1n) is 6.16. The van der Waals surface area contributed by atoms with E-state index in [1.807, 2.05) is 24.3 Å². The van der Waals surface area contributed by atoms with Crippen molar-refractivity contribution >= 4 is 28.3 Å². The smallest absolute Gasteiger partial charge is 0.120 e. The van der Waals surface area contributed by atoms with E-state index in [2.05, 4.69) is 26.1 Å². The number of halogens is 2. The molecule has 1 saturated heterocycles. The Hall–Kier alpha value is -0.290. The fourth-order valence-corrected chi connectivity index (χ4v) is 2.35. The lowest BCUT2D eigenvalue weighted by Crippen LogP contribution is -2.31. The summed E-state index contributed by atoms with van der Waals surface area (Å²) in [6.07, 6.45) is 1.23. The van der Waals surface area contributed by atoms with E-state index in [0.717, 1.165) is 43.0 Å². The summed E-state index contributed by atoms with van der Waals surface area (Å²) in [5, 5.41) is 3.40. The first-order valence-corrected chi connectivity index (χ1v) is 6.95. The van der Waals surface area contributed by atoms with Crippen LogP contribution in [-0.2, 0) is 0 Å². The highest BCUT2D eigenvalue weighted by Gasteiger charge is 2.07. The largest absolute Gasteiger partial charge is 0.492 e. The molecule has 0 radical (unpaired) electrons. The van der Waals surface area contributed by atoms with Gasteiger partial charge >= 0.3 is 0 Å². The summed E-state index contributed by atoms with van der Waals surface area (Å²) >= 11 is 3.44. The number of hydrogen-bond donors (Lipinski definition) is 1. The van der Waals surface area contributed by atoms with E-state index in [9.17, 15) is 0 Å². The normalized spacial score (nSPS) is 16.7. The molecular weight excluding hydrogens is 316 g/mol. The maximum atomic E-state index is 5.74. The predicted molar refractivity (Wildman–Crippen MR) is 80.8 cm³/mol. The molecule has 18 heavy (non-hydrogen) atoms. The van der Waals surface area contributed by atoms with Crippen LogP contribution in [0.25, 0.3) is 0 Å². The Morgan fingerprint density at radius 2 is 2.17 bits per heavy atom. The Morgan fingerprint density at radius 1 is 1.28 bits per heavy atom. The second kappa shape index (κ2) is 8.75. The van der Waals surface area contributed by atoms with Crippen LogP contribution in [-0.4, -0.2) is 44.2 Å². The van der Waals surface area contributed by atoms with E-state index in [-0.39, 0.29) is 12.4 Å². The number of nitrogens with zero attached hydrogens (tertiary/aromatic N) is 1. The van der Waals surface area contributed by atoms with E-state index < -0.39 is 0 Å². The van der Waals surface area contributed by atoms with Gasteiger partial charge in [-0.05, 0) is 37.7 Å². The molecule has 1 fully saturated rings. The molecular formula is C13H20BrClN2O. The van der Waals surface area contributed by atoms with Crippen molar-refractivity contribution < 1.29 is 4.74 Å². The van der Waals surface area contributed by atoms with Gasteiger partial charge in [-0.15, -0.1) is 12.4 Å². The SMILES string of the molecule is Brc1cccc(OCCN2CCCNCC2)c1.Cl. The third-order valence-electron chi connectivity index (χ3n) is 2.91. The summed E-state index contributed by atoms with van der Waals surface area (Å²) in [5.74, 6) is 0.937. The van der Waals surface area contributed by atoms with Gasteiger partial charge in [-0.3, -0.25) is 4.90 Å². The molecule has 1 aliphatic heterocycles. The first kappa shape index (κ1) is 15.8. The molecule has 0 amide bonds. The molecule has 3 nitrogen and oxygen atoms in total. The zero-order valence-electron chi connectivity index (χ0n) is 10.4. The van der Waals surface area contributed by atoms with Crippen LogP contribution in [0.15, 0.2) is 28.7 Å². The van der Waals surface area contributed by atoms with Crippen molar-refractivity contribution in [3.8, 4) is 5.75 Å². The average molecular weight is 336 g/mol. The Kier molecular flexibility index (Phi) is 7.66. The minimum atomic E-state index is 0.